The molecule has 12 heteroatoms. The fraction of sp³-hybridized carbons (Fsp3) is 0.367. The summed E-state index contributed by atoms with van der Waals surface area (Å²) in [5, 5.41) is 5.74. The Kier molecular flexibility index (Phi) is 13.6. The van der Waals surface area contributed by atoms with Crippen molar-refractivity contribution in [2.45, 2.75) is 96.3 Å². The summed E-state index contributed by atoms with van der Waals surface area (Å²) in [5.74, 6) is -0.743. The van der Waals surface area contributed by atoms with Gasteiger partial charge in [-0.1, -0.05) is 57.8 Å². The number of anilines is 4. The van der Waals surface area contributed by atoms with Gasteiger partial charge in [-0.2, -0.15) is 0 Å². The molecule has 0 radical (unpaired) electrons. The molecule has 5 aliphatic rings. The molecule has 0 aliphatic heterocycles. The van der Waals surface area contributed by atoms with Crippen LogP contribution in [0.1, 0.15) is 160 Å². The molecule has 4 aromatic rings. The molecule has 0 unspecified atom stereocenters. The fourth-order valence-corrected chi connectivity index (χ4v) is 9.26. The van der Waals surface area contributed by atoms with Crippen LogP contribution in [0.2, 0.25) is 0 Å². The number of ketones is 4. The highest BCUT2D eigenvalue weighted by molar-refractivity contribution is 6.64. The van der Waals surface area contributed by atoms with Crippen LogP contribution in [-0.4, -0.2) is 40.2 Å². The monoisotopic (exact) mass is 842 g/mol. The molecule has 0 aromatic heterocycles. The van der Waals surface area contributed by atoms with E-state index >= 15 is 0 Å². The van der Waals surface area contributed by atoms with Gasteiger partial charge in [-0.25, -0.2) is 0 Å². The smallest absolute Gasteiger partial charge is 0.227 e. The minimum absolute atomic E-state index is 0.00169. The van der Waals surface area contributed by atoms with E-state index in [2.05, 4.69) is 10.6 Å². The maximum absolute atomic E-state index is 13.4. The second-order valence-electron chi connectivity index (χ2n) is 16.7. The Balaban J connectivity index is 0.000000171. The number of hydrogen-bond donors (Lipinski definition) is 4. The van der Waals surface area contributed by atoms with Crippen molar-refractivity contribution in [3.63, 3.8) is 0 Å². The SMILES string of the molecule is Nc1ccc2c(c1)C(=O)c1cc(N)ccc1C2=O.O=C(Cl)C1CCCCC1.O=C1c2ccc(NC(=O)C3CCCCC3)cc2C(=O)c2cc(NC(=O)C3CCCCC3)ccc21. The highest BCUT2D eigenvalue weighted by Gasteiger charge is 2.32. The molecular formula is C49H51ClN4O7. The third-order valence-corrected chi connectivity index (χ3v) is 12.8. The van der Waals surface area contributed by atoms with Crippen LogP contribution in [0.25, 0.3) is 0 Å². The lowest BCUT2D eigenvalue weighted by Gasteiger charge is -2.23. The maximum atomic E-state index is 13.4. The van der Waals surface area contributed by atoms with Crippen LogP contribution in [0.4, 0.5) is 22.7 Å². The number of nitrogen functional groups attached to an aromatic ring is 2. The lowest BCUT2D eigenvalue weighted by Crippen LogP contribution is -2.26. The minimum Gasteiger partial charge on any atom is -0.399 e. The summed E-state index contributed by atoms with van der Waals surface area (Å²) in [5.41, 5.74) is 16.0. The zero-order chi connectivity index (χ0) is 43.2. The molecule has 5 aliphatic carbocycles. The van der Waals surface area contributed by atoms with E-state index in [1.54, 1.807) is 60.7 Å². The number of nitrogens with one attached hydrogen (secondary N) is 2. The third kappa shape index (κ3) is 9.83. The van der Waals surface area contributed by atoms with Crippen molar-refractivity contribution in [2.24, 2.45) is 17.8 Å². The number of amides is 2. The fourth-order valence-electron chi connectivity index (χ4n) is 9.04. The molecule has 6 N–H and O–H groups in total. The number of carbonyl (C=O) groups is 7. The van der Waals surface area contributed by atoms with Crippen LogP contribution in [0.5, 0.6) is 0 Å². The molecule has 0 bridgehead atoms. The number of rotatable bonds is 5. The number of benzene rings is 4. The zero-order valence-corrected chi connectivity index (χ0v) is 34.9. The average molecular weight is 843 g/mol. The van der Waals surface area contributed by atoms with Gasteiger partial charge in [0, 0.05) is 85.0 Å². The standard InChI is InChI=1S/C28H30N2O4.C14H10N2O2.C7H11ClO/c31-25-21-13-11-19(29-27(33)17-7-3-1-4-8-17)15-23(21)26(32)24-16-20(12-14-22(24)25)30-28(34)18-9-5-2-6-10-18;15-7-1-3-9-11(5-7)14(18)12-6-8(16)2-4-10(12)13(9)17;8-7(9)6-4-2-1-3-5-6/h11-18H,1-10H2,(H,29,33)(H,30,34);1-6H,15-16H2;6H,1-5H2. The summed E-state index contributed by atoms with van der Waals surface area (Å²) >= 11 is 5.32. The van der Waals surface area contributed by atoms with E-state index in [1.165, 1.54) is 44.2 Å². The van der Waals surface area contributed by atoms with E-state index in [9.17, 15) is 33.6 Å². The van der Waals surface area contributed by atoms with Gasteiger partial charge in [0.2, 0.25) is 17.1 Å². The van der Waals surface area contributed by atoms with Crippen molar-refractivity contribution in [3.8, 4) is 0 Å². The first-order chi connectivity index (χ1) is 29.4. The van der Waals surface area contributed by atoms with Crippen LogP contribution in [0.15, 0.2) is 72.8 Å². The Bertz CT molecular complexity index is 2260. The summed E-state index contributed by atoms with van der Waals surface area (Å²) in [6.07, 6.45) is 15.8. The van der Waals surface area contributed by atoms with Gasteiger partial charge in [0.05, 0.1) is 0 Å². The molecular weight excluding hydrogens is 792 g/mol. The van der Waals surface area contributed by atoms with Crippen LogP contribution in [-0.2, 0) is 14.4 Å². The van der Waals surface area contributed by atoms with Crippen LogP contribution >= 0.6 is 11.6 Å². The van der Waals surface area contributed by atoms with Crippen LogP contribution < -0.4 is 22.1 Å². The van der Waals surface area contributed by atoms with Gasteiger partial charge in [-0.15, -0.1) is 0 Å². The van der Waals surface area contributed by atoms with Crippen molar-refractivity contribution in [3.05, 3.63) is 117 Å². The van der Waals surface area contributed by atoms with E-state index in [0.29, 0.717) is 56.1 Å². The summed E-state index contributed by atoms with van der Waals surface area (Å²) in [4.78, 5) is 86.9. The van der Waals surface area contributed by atoms with Crippen molar-refractivity contribution in [1.29, 1.82) is 0 Å². The van der Waals surface area contributed by atoms with Gasteiger partial charge in [0.15, 0.2) is 23.1 Å². The average Bonchev–Trinajstić information content (AvgIpc) is 3.28. The molecule has 4 aromatic carbocycles. The maximum Gasteiger partial charge on any atom is 0.227 e. The lowest BCUT2D eigenvalue weighted by atomic mass is 9.83. The van der Waals surface area contributed by atoms with Crippen molar-refractivity contribution >= 4 is 74.5 Å². The van der Waals surface area contributed by atoms with Crippen molar-refractivity contribution in [2.75, 3.05) is 22.1 Å². The van der Waals surface area contributed by atoms with E-state index < -0.39 is 0 Å². The molecule has 0 saturated heterocycles. The Morgan fingerprint density at radius 3 is 1.03 bits per heavy atom. The number of nitrogens with two attached hydrogens (primary N) is 2. The molecule has 0 atom stereocenters. The van der Waals surface area contributed by atoms with Gasteiger partial charge < -0.3 is 22.1 Å². The second-order valence-corrected chi connectivity index (χ2v) is 17.1. The molecule has 0 heterocycles. The minimum atomic E-state index is -0.271. The first-order valence-electron chi connectivity index (χ1n) is 21.5. The lowest BCUT2D eigenvalue weighted by molar-refractivity contribution is -0.121. The molecule has 0 spiro atoms. The van der Waals surface area contributed by atoms with Gasteiger partial charge in [0.25, 0.3) is 0 Å². The Morgan fingerprint density at radius 1 is 0.410 bits per heavy atom. The first kappa shape index (κ1) is 43.2. The van der Waals surface area contributed by atoms with Gasteiger partial charge >= 0.3 is 0 Å². The number of hydrogen-bond acceptors (Lipinski definition) is 9. The molecule has 61 heavy (non-hydrogen) atoms. The van der Waals surface area contributed by atoms with Gasteiger partial charge in [-0.3, -0.25) is 33.6 Å². The third-order valence-electron chi connectivity index (χ3n) is 12.5. The Labute approximate surface area is 360 Å². The van der Waals surface area contributed by atoms with Crippen LogP contribution in [0.3, 0.4) is 0 Å². The van der Waals surface area contributed by atoms with Gasteiger partial charge in [-0.05, 0) is 123 Å². The molecule has 316 valence electrons. The predicted molar refractivity (Wildman–Crippen MR) is 236 cm³/mol. The largest absolute Gasteiger partial charge is 0.399 e. The van der Waals surface area contributed by atoms with Crippen molar-refractivity contribution in [1.82, 2.24) is 0 Å². The van der Waals surface area contributed by atoms with Crippen molar-refractivity contribution < 1.29 is 33.6 Å². The van der Waals surface area contributed by atoms with E-state index in [1.807, 2.05) is 0 Å². The zero-order valence-electron chi connectivity index (χ0n) is 34.2. The molecule has 3 fully saturated rings. The number of halogens is 1. The van der Waals surface area contributed by atoms with Gasteiger partial charge in [0.1, 0.15) is 0 Å². The normalized spacial score (nSPS) is 17.5. The summed E-state index contributed by atoms with van der Waals surface area (Å²) in [6.45, 7) is 0. The topological polar surface area (TPSA) is 196 Å². The van der Waals surface area contributed by atoms with E-state index in [4.69, 9.17) is 23.1 Å². The van der Waals surface area contributed by atoms with Crippen LogP contribution in [0, 0.1) is 17.8 Å². The molecule has 3 saturated carbocycles. The number of carbonyl (C=O) groups excluding carboxylic acids is 7. The molecule has 9 rings (SSSR count). The summed E-state index contributed by atoms with van der Waals surface area (Å²) in [7, 11) is 0. The predicted octanol–water partition coefficient (Wildman–Crippen LogP) is 9.46. The highest BCUT2D eigenvalue weighted by Crippen LogP contribution is 2.34. The Hall–Kier alpha value is -5.94. The summed E-state index contributed by atoms with van der Waals surface area (Å²) < 4.78 is 0. The highest BCUT2D eigenvalue weighted by atomic mass is 35.5. The summed E-state index contributed by atoms with van der Waals surface area (Å²) in [6, 6.07) is 19.3. The Morgan fingerprint density at radius 2 is 0.705 bits per heavy atom. The molecule has 11 nitrogen and oxygen atoms in total. The molecule has 2 amide bonds. The second kappa shape index (κ2) is 19.2. The van der Waals surface area contributed by atoms with E-state index in [0.717, 1.165) is 64.2 Å². The first-order valence-corrected chi connectivity index (χ1v) is 21.8. The van der Waals surface area contributed by atoms with E-state index in [-0.39, 0.29) is 69.1 Å². The quantitative estimate of drug-likeness (QED) is 0.0965. The number of fused-ring (bicyclic) bond motifs is 4.